The van der Waals surface area contributed by atoms with Gasteiger partial charge >= 0.3 is 6.09 Å². The summed E-state index contributed by atoms with van der Waals surface area (Å²) in [4.78, 5) is 13.9. The Kier molecular flexibility index (Phi) is 4.04. The minimum absolute atomic E-state index is 0.0929. The molecule has 2 rings (SSSR count). The van der Waals surface area contributed by atoms with Crippen molar-refractivity contribution in [1.82, 2.24) is 10.2 Å². The van der Waals surface area contributed by atoms with Crippen molar-refractivity contribution < 1.29 is 9.53 Å². The van der Waals surface area contributed by atoms with Gasteiger partial charge in [-0.1, -0.05) is 13.3 Å². The third-order valence-electron chi connectivity index (χ3n) is 3.30. The summed E-state index contributed by atoms with van der Waals surface area (Å²) in [5, 5.41) is 3.31. The lowest BCUT2D eigenvalue weighted by molar-refractivity contribution is 0.0845. The molecule has 1 heterocycles. The van der Waals surface area contributed by atoms with Gasteiger partial charge in [0.2, 0.25) is 0 Å². The van der Waals surface area contributed by atoms with Gasteiger partial charge in [-0.25, -0.2) is 4.79 Å². The number of amides is 1. The Hall–Kier alpha value is -0.770. The van der Waals surface area contributed by atoms with Gasteiger partial charge in [0.05, 0.1) is 6.61 Å². The molecule has 1 atom stereocenters. The molecule has 1 aliphatic carbocycles. The molecular formula is C12H22N2O2. The maximum Gasteiger partial charge on any atom is 0.410 e. The third kappa shape index (κ3) is 2.88. The lowest BCUT2D eigenvalue weighted by Gasteiger charge is -2.27. The number of nitrogens with one attached hydrogen (secondary N) is 1. The Morgan fingerprint density at radius 2 is 2.19 bits per heavy atom. The predicted molar refractivity (Wildman–Crippen MR) is 62.4 cm³/mol. The van der Waals surface area contributed by atoms with Gasteiger partial charge in [0.1, 0.15) is 0 Å². The highest BCUT2D eigenvalue weighted by molar-refractivity contribution is 5.69. The first kappa shape index (κ1) is 11.7. The maximum atomic E-state index is 12.0. The molecule has 2 aliphatic rings. The zero-order valence-corrected chi connectivity index (χ0v) is 10.1. The average Bonchev–Trinajstić information content (AvgIpc) is 2.94. The van der Waals surface area contributed by atoms with Crippen LogP contribution in [0.5, 0.6) is 0 Å². The zero-order valence-electron chi connectivity index (χ0n) is 10.1. The minimum atomic E-state index is -0.0929. The molecule has 1 saturated carbocycles. The SMILES string of the molecule is CCCCOC(=O)N(C1CC1)C1CCNC1. The van der Waals surface area contributed by atoms with Gasteiger partial charge in [-0.05, 0) is 32.2 Å². The highest BCUT2D eigenvalue weighted by atomic mass is 16.6. The normalized spacial score (nSPS) is 24.4. The van der Waals surface area contributed by atoms with Gasteiger partial charge in [-0.2, -0.15) is 0 Å². The van der Waals surface area contributed by atoms with E-state index in [1.54, 1.807) is 0 Å². The molecule has 0 aromatic rings. The summed E-state index contributed by atoms with van der Waals surface area (Å²) >= 11 is 0. The number of ether oxygens (including phenoxy) is 1. The van der Waals surface area contributed by atoms with Gasteiger partial charge in [0.25, 0.3) is 0 Å². The summed E-state index contributed by atoms with van der Waals surface area (Å²) < 4.78 is 5.32. The van der Waals surface area contributed by atoms with Crippen LogP contribution in [0.15, 0.2) is 0 Å². The van der Waals surface area contributed by atoms with Crippen molar-refractivity contribution in [2.24, 2.45) is 0 Å². The molecule has 0 aromatic carbocycles. The smallest absolute Gasteiger partial charge is 0.410 e. The standard InChI is InChI=1S/C12H22N2O2/c1-2-3-8-16-12(15)14(10-4-5-10)11-6-7-13-9-11/h10-11,13H,2-9H2,1H3. The molecule has 0 radical (unpaired) electrons. The number of hydrogen-bond acceptors (Lipinski definition) is 3. The third-order valence-corrected chi connectivity index (χ3v) is 3.30. The highest BCUT2D eigenvalue weighted by Gasteiger charge is 2.39. The van der Waals surface area contributed by atoms with Crippen molar-refractivity contribution in [3.05, 3.63) is 0 Å². The zero-order chi connectivity index (χ0) is 11.4. The second kappa shape index (κ2) is 5.53. The second-order valence-corrected chi connectivity index (χ2v) is 4.75. The number of rotatable bonds is 5. The van der Waals surface area contributed by atoms with Crippen LogP contribution >= 0.6 is 0 Å². The van der Waals surface area contributed by atoms with E-state index in [2.05, 4.69) is 12.2 Å². The molecule has 1 unspecified atom stereocenters. The minimum Gasteiger partial charge on any atom is -0.449 e. The van der Waals surface area contributed by atoms with E-state index < -0.39 is 0 Å². The molecule has 1 saturated heterocycles. The summed E-state index contributed by atoms with van der Waals surface area (Å²) in [6.07, 6.45) is 5.32. The molecule has 1 amide bonds. The number of hydrogen-bond donors (Lipinski definition) is 1. The van der Waals surface area contributed by atoms with Crippen LogP contribution in [0, 0.1) is 0 Å². The van der Waals surface area contributed by atoms with E-state index in [0.29, 0.717) is 18.7 Å². The van der Waals surface area contributed by atoms with E-state index >= 15 is 0 Å². The Morgan fingerprint density at radius 1 is 1.38 bits per heavy atom. The fraction of sp³-hybridized carbons (Fsp3) is 0.917. The molecular weight excluding hydrogens is 204 g/mol. The molecule has 2 fully saturated rings. The Bertz CT molecular complexity index is 235. The number of carbonyl (C=O) groups is 1. The van der Waals surface area contributed by atoms with Crippen molar-refractivity contribution in [2.45, 2.75) is 51.1 Å². The largest absolute Gasteiger partial charge is 0.449 e. The van der Waals surface area contributed by atoms with Crippen LogP contribution < -0.4 is 5.32 Å². The number of carbonyl (C=O) groups excluding carboxylic acids is 1. The number of unbranched alkanes of at least 4 members (excludes halogenated alkanes) is 1. The molecule has 4 heteroatoms. The molecule has 0 spiro atoms. The average molecular weight is 226 g/mol. The fourth-order valence-corrected chi connectivity index (χ4v) is 2.20. The van der Waals surface area contributed by atoms with Gasteiger partial charge < -0.3 is 15.0 Å². The van der Waals surface area contributed by atoms with Gasteiger partial charge in [0, 0.05) is 18.6 Å². The number of nitrogens with zero attached hydrogens (tertiary/aromatic N) is 1. The summed E-state index contributed by atoms with van der Waals surface area (Å²) in [6, 6.07) is 0.820. The lowest BCUT2D eigenvalue weighted by atomic mass is 10.2. The second-order valence-electron chi connectivity index (χ2n) is 4.75. The van der Waals surface area contributed by atoms with Crippen LogP contribution in [-0.4, -0.2) is 42.8 Å². The van der Waals surface area contributed by atoms with Crippen LogP contribution in [-0.2, 0) is 4.74 Å². The first-order valence-electron chi connectivity index (χ1n) is 6.48. The van der Waals surface area contributed by atoms with E-state index in [0.717, 1.165) is 45.2 Å². The molecule has 16 heavy (non-hydrogen) atoms. The summed E-state index contributed by atoms with van der Waals surface area (Å²) in [5.41, 5.74) is 0. The van der Waals surface area contributed by atoms with Gasteiger partial charge in [-0.15, -0.1) is 0 Å². The van der Waals surface area contributed by atoms with Gasteiger partial charge in [0.15, 0.2) is 0 Å². The molecule has 1 aliphatic heterocycles. The summed E-state index contributed by atoms with van der Waals surface area (Å²) in [5.74, 6) is 0. The monoisotopic (exact) mass is 226 g/mol. The Morgan fingerprint density at radius 3 is 2.75 bits per heavy atom. The van der Waals surface area contributed by atoms with Crippen molar-refractivity contribution in [3.63, 3.8) is 0 Å². The van der Waals surface area contributed by atoms with E-state index in [1.807, 2.05) is 4.90 Å². The first-order valence-corrected chi connectivity index (χ1v) is 6.48. The molecule has 4 nitrogen and oxygen atoms in total. The van der Waals surface area contributed by atoms with E-state index in [1.165, 1.54) is 0 Å². The van der Waals surface area contributed by atoms with Crippen molar-refractivity contribution in [3.8, 4) is 0 Å². The summed E-state index contributed by atoms with van der Waals surface area (Å²) in [7, 11) is 0. The lowest BCUT2D eigenvalue weighted by Crippen LogP contribution is -2.43. The maximum absolute atomic E-state index is 12.0. The summed E-state index contributed by atoms with van der Waals surface area (Å²) in [6.45, 7) is 4.63. The van der Waals surface area contributed by atoms with Crippen molar-refractivity contribution >= 4 is 6.09 Å². The predicted octanol–water partition coefficient (Wildman–Crippen LogP) is 1.75. The van der Waals surface area contributed by atoms with Crippen LogP contribution in [0.3, 0.4) is 0 Å². The highest BCUT2D eigenvalue weighted by Crippen LogP contribution is 2.30. The topological polar surface area (TPSA) is 41.6 Å². The van der Waals surface area contributed by atoms with E-state index in [-0.39, 0.29) is 6.09 Å². The van der Waals surface area contributed by atoms with Crippen molar-refractivity contribution in [2.75, 3.05) is 19.7 Å². The van der Waals surface area contributed by atoms with Crippen LogP contribution in [0.2, 0.25) is 0 Å². The molecule has 92 valence electrons. The van der Waals surface area contributed by atoms with Crippen LogP contribution in [0.1, 0.15) is 39.0 Å². The molecule has 0 bridgehead atoms. The molecule has 0 aromatic heterocycles. The van der Waals surface area contributed by atoms with E-state index in [4.69, 9.17) is 4.74 Å². The first-order chi connectivity index (χ1) is 7.83. The molecule has 1 N–H and O–H groups in total. The van der Waals surface area contributed by atoms with Crippen LogP contribution in [0.4, 0.5) is 4.79 Å². The Balaban J connectivity index is 1.83. The fourth-order valence-electron chi connectivity index (χ4n) is 2.20. The van der Waals surface area contributed by atoms with Gasteiger partial charge in [-0.3, -0.25) is 0 Å². The van der Waals surface area contributed by atoms with Crippen LogP contribution in [0.25, 0.3) is 0 Å². The Labute approximate surface area is 97.3 Å². The van der Waals surface area contributed by atoms with Crippen molar-refractivity contribution in [1.29, 1.82) is 0 Å². The van der Waals surface area contributed by atoms with E-state index in [9.17, 15) is 4.79 Å². The quantitative estimate of drug-likeness (QED) is 0.726.